The molecule has 1 atom stereocenters. The highest BCUT2D eigenvalue weighted by Crippen LogP contribution is 2.25. The van der Waals surface area contributed by atoms with Crippen LogP contribution in [0.2, 0.25) is 0 Å². The van der Waals surface area contributed by atoms with E-state index in [-0.39, 0.29) is 5.60 Å². The molecule has 9 heavy (non-hydrogen) atoms. The Labute approximate surface area is 60.5 Å². The summed E-state index contributed by atoms with van der Waals surface area (Å²) in [6.45, 7) is 6.09. The van der Waals surface area contributed by atoms with Crippen LogP contribution in [-0.4, -0.2) is 10.6 Å². The molecule has 52 valence electrons. The van der Waals surface area contributed by atoms with Gasteiger partial charge in [-0.15, -0.1) is 0 Å². The lowest BCUT2D eigenvalue weighted by molar-refractivity contribution is -0.0371. The maximum atomic E-state index is 5.17. The summed E-state index contributed by atoms with van der Waals surface area (Å²) in [6, 6.07) is 0. The highest BCUT2D eigenvalue weighted by molar-refractivity contribution is 7.80. The molecule has 1 heterocycles. The van der Waals surface area contributed by atoms with Crippen LogP contribution in [0.15, 0.2) is 0 Å². The fourth-order valence-corrected chi connectivity index (χ4v) is 1.000. The van der Waals surface area contributed by atoms with Crippen LogP contribution in [0.1, 0.15) is 20.8 Å². The van der Waals surface area contributed by atoms with Gasteiger partial charge in [-0.05, 0) is 13.8 Å². The van der Waals surface area contributed by atoms with E-state index in [1.807, 2.05) is 13.8 Å². The normalized spacial score (nSPS) is 32.3. The van der Waals surface area contributed by atoms with E-state index in [4.69, 9.17) is 17.1 Å². The van der Waals surface area contributed by atoms with Gasteiger partial charge in [-0.2, -0.15) is 0 Å². The van der Waals surface area contributed by atoms with Crippen LogP contribution in [0.3, 0.4) is 0 Å². The SMILES string of the molecule is CC1C(=S)NOC1(C)C. The number of hydrogen-bond acceptors (Lipinski definition) is 2. The molecule has 1 N–H and O–H groups in total. The van der Waals surface area contributed by atoms with Crippen molar-refractivity contribution in [1.82, 2.24) is 5.48 Å². The van der Waals surface area contributed by atoms with E-state index in [1.54, 1.807) is 0 Å². The van der Waals surface area contributed by atoms with Gasteiger partial charge in [0.15, 0.2) is 0 Å². The Kier molecular flexibility index (Phi) is 1.49. The van der Waals surface area contributed by atoms with Gasteiger partial charge in [0, 0.05) is 5.92 Å². The van der Waals surface area contributed by atoms with Crippen LogP contribution in [0.5, 0.6) is 0 Å². The van der Waals surface area contributed by atoms with Crippen molar-refractivity contribution in [1.29, 1.82) is 0 Å². The molecule has 0 aromatic heterocycles. The van der Waals surface area contributed by atoms with E-state index in [2.05, 4.69) is 12.4 Å². The molecule has 0 aromatic rings. The summed E-state index contributed by atoms with van der Waals surface area (Å²) >= 11 is 4.95. The predicted octanol–water partition coefficient (Wildman–Crippen LogP) is 1.26. The molecule has 2 nitrogen and oxygen atoms in total. The molecule has 1 rings (SSSR count). The zero-order valence-electron chi connectivity index (χ0n) is 5.89. The number of hydrogen-bond donors (Lipinski definition) is 1. The third kappa shape index (κ3) is 1.07. The molecule has 1 saturated heterocycles. The van der Waals surface area contributed by atoms with E-state index in [0.717, 1.165) is 4.99 Å². The van der Waals surface area contributed by atoms with Crippen molar-refractivity contribution in [3.05, 3.63) is 0 Å². The van der Waals surface area contributed by atoms with E-state index in [9.17, 15) is 0 Å². The molecule has 0 spiro atoms. The van der Waals surface area contributed by atoms with Gasteiger partial charge >= 0.3 is 0 Å². The Balaban J connectivity index is 2.73. The lowest BCUT2D eigenvalue weighted by atomic mass is 9.94. The minimum Gasteiger partial charge on any atom is -0.269 e. The topological polar surface area (TPSA) is 21.3 Å². The van der Waals surface area contributed by atoms with Crippen LogP contribution in [0.25, 0.3) is 0 Å². The highest BCUT2D eigenvalue weighted by atomic mass is 32.1. The van der Waals surface area contributed by atoms with Gasteiger partial charge in [0.2, 0.25) is 0 Å². The largest absolute Gasteiger partial charge is 0.269 e. The monoisotopic (exact) mass is 145 g/mol. The molecule has 0 aliphatic carbocycles. The smallest absolute Gasteiger partial charge is 0.106 e. The zero-order valence-corrected chi connectivity index (χ0v) is 6.71. The van der Waals surface area contributed by atoms with Crippen LogP contribution >= 0.6 is 12.2 Å². The number of thiocarbonyl (C=S) groups is 1. The predicted molar refractivity (Wildman–Crippen MR) is 40.1 cm³/mol. The van der Waals surface area contributed by atoms with Crippen LogP contribution in [0, 0.1) is 5.92 Å². The molecule has 0 amide bonds. The molecular weight excluding hydrogens is 134 g/mol. The van der Waals surface area contributed by atoms with Crippen molar-refractivity contribution in [2.24, 2.45) is 5.92 Å². The third-order valence-corrected chi connectivity index (χ3v) is 2.29. The van der Waals surface area contributed by atoms with Crippen LogP contribution in [-0.2, 0) is 4.84 Å². The minimum atomic E-state index is -0.128. The first-order valence-electron chi connectivity index (χ1n) is 3.02. The minimum absolute atomic E-state index is 0.128. The first-order chi connectivity index (χ1) is 4.04. The molecule has 0 saturated carbocycles. The van der Waals surface area contributed by atoms with Crippen molar-refractivity contribution in [3.63, 3.8) is 0 Å². The average Bonchev–Trinajstić information content (AvgIpc) is 1.97. The summed E-state index contributed by atoms with van der Waals surface area (Å²) in [5.41, 5.74) is 2.56. The summed E-state index contributed by atoms with van der Waals surface area (Å²) in [5, 5.41) is 0. The Morgan fingerprint density at radius 2 is 2.22 bits per heavy atom. The summed E-state index contributed by atoms with van der Waals surface area (Å²) in [4.78, 5) is 5.98. The number of nitrogens with one attached hydrogen (secondary N) is 1. The lowest BCUT2D eigenvalue weighted by Gasteiger charge is -2.18. The molecule has 1 unspecified atom stereocenters. The lowest BCUT2D eigenvalue weighted by Crippen LogP contribution is -2.26. The third-order valence-electron chi connectivity index (χ3n) is 1.85. The van der Waals surface area contributed by atoms with Crippen molar-refractivity contribution in [3.8, 4) is 0 Å². The fraction of sp³-hybridized carbons (Fsp3) is 0.833. The van der Waals surface area contributed by atoms with Crippen LogP contribution < -0.4 is 5.48 Å². The summed E-state index contributed by atoms with van der Waals surface area (Å²) < 4.78 is 0. The van der Waals surface area contributed by atoms with Gasteiger partial charge in [0.1, 0.15) is 4.99 Å². The van der Waals surface area contributed by atoms with Gasteiger partial charge < -0.3 is 0 Å². The Hall–Kier alpha value is -0.150. The van der Waals surface area contributed by atoms with E-state index < -0.39 is 0 Å². The molecule has 1 aliphatic heterocycles. The molecular formula is C6H11NOS. The van der Waals surface area contributed by atoms with Crippen LogP contribution in [0.4, 0.5) is 0 Å². The van der Waals surface area contributed by atoms with Crippen molar-refractivity contribution < 1.29 is 4.84 Å². The fourth-order valence-electron chi connectivity index (χ4n) is 0.674. The highest BCUT2D eigenvalue weighted by Gasteiger charge is 2.36. The van der Waals surface area contributed by atoms with Gasteiger partial charge in [-0.1, -0.05) is 19.1 Å². The maximum Gasteiger partial charge on any atom is 0.106 e. The number of rotatable bonds is 0. The van der Waals surface area contributed by atoms with Crippen molar-refractivity contribution in [2.45, 2.75) is 26.4 Å². The van der Waals surface area contributed by atoms with E-state index in [0.29, 0.717) is 5.92 Å². The second-order valence-electron chi connectivity index (χ2n) is 2.89. The van der Waals surface area contributed by atoms with E-state index in [1.165, 1.54) is 0 Å². The standard InChI is InChI=1S/C6H11NOS/c1-4-5(9)7-8-6(4,2)3/h4H,1-3H3,(H,7,9). The quantitative estimate of drug-likeness (QED) is 0.518. The summed E-state index contributed by atoms with van der Waals surface area (Å²) in [6.07, 6.45) is 0. The second kappa shape index (κ2) is 1.92. The second-order valence-corrected chi connectivity index (χ2v) is 3.33. The first kappa shape index (κ1) is 6.96. The van der Waals surface area contributed by atoms with Gasteiger partial charge in [-0.3, -0.25) is 10.3 Å². The van der Waals surface area contributed by atoms with Gasteiger partial charge in [0.25, 0.3) is 0 Å². The maximum absolute atomic E-state index is 5.17. The molecule has 0 radical (unpaired) electrons. The van der Waals surface area contributed by atoms with E-state index >= 15 is 0 Å². The summed E-state index contributed by atoms with van der Waals surface area (Å²) in [7, 11) is 0. The molecule has 3 heteroatoms. The van der Waals surface area contributed by atoms with Crippen molar-refractivity contribution >= 4 is 17.2 Å². The Morgan fingerprint density at radius 3 is 2.33 bits per heavy atom. The van der Waals surface area contributed by atoms with Crippen molar-refractivity contribution in [2.75, 3.05) is 0 Å². The Morgan fingerprint density at radius 1 is 1.67 bits per heavy atom. The molecule has 0 aromatic carbocycles. The van der Waals surface area contributed by atoms with Gasteiger partial charge in [-0.25, -0.2) is 0 Å². The molecule has 0 bridgehead atoms. The molecule has 1 aliphatic rings. The number of hydroxylamine groups is 1. The summed E-state index contributed by atoms with van der Waals surface area (Å²) in [5.74, 6) is 0.326. The average molecular weight is 145 g/mol. The van der Waals surface area contributed by atoms with Gasteiger partial charge in [0.05, 0.1) is 5.60 Å². The Bertz CT molecular complexity index is 144. The zero-order chi connectivity index (χ0) is 7.07. The first-order valence-corrected chi connectivity index (χ1v) is 3.43. The molecule has 1 fully saturated rings.